The highest BCUT2D eigenvalue weighted by atomic mass is 35.5. The molecule has 1 aliphatic rings. The van der Waals surface area contributed by atoms with Gasteiger partial charge in [-0.05, 0) is 39.7 Å². The first-order valence-corrected chi connectivity index (χ1v) is 9.22. The van der Waals surface area contributed by atoms with E-state index in [2.05, 4.69) is 10.3 Å². The molecule has 0 bridgehead atoms. The van der Waals surface area contributed by atoms with Gasteiger partial charge in [0.25, 0.3) is 5.91 Å². The maximum atomic E-state index is 12.8. The van der Waals surface area contributed by atoms with Crippen molar-refractivity contribution in [2.24, 2.45) is 0 Å². The van der Waals surface area contributed by atoms with E-state index in [-0.39, 0.29) is 17.6 Å². The Bertz CT molecular complexity index is 757. The molecule has 2 heterocycles. The fourth-order valence-electron chi connectivity index (χ4n) is 3.02. The van der Waals surface area contributed by atoms with Crippen LogP contribution >= 0.6 is 22.9 Å². The molecule has 0 aliphatic carbocycles. The molecule has 0 spiro atoms. The molecule has 6 heteroatoms. The Labute approximate surface area is 151 Å². The van der Waals surface area contributed by atoms with Gasteiger partial charge in [-0.1, -0.05) is 29.8 Å². The van der Waals surface area contributed by atoms with Crippen LogP contribution in [0, 0.1) is 6.92 Å². The standard InChI is InChI=1S/C18H21ClN2O2S/c1-11-20-15(16(24-11)13-6-4-5-7-14(13)19)17(22)21-12-8-9-23-18(2,3)10-12/h4-7,12H,8-10H2,1-3H3,(H,21,22)/t12-/m0/s1. The Hall–Kier alpha value is -1.43. The largest absolute Gasteiger partial charge is 0.375 e. The van der Waals surface area contributed by atoms with Crippen LogP contribution in [0.3, 0.4) is 0 Å². The molecule has 1 N–H and O–H groups in total. The lowest BCUT2D eigenvalue weighted by Gasteiger charge is -2.35. The summed E-state index contributed by atoms with van der Waals surface area (Å²) in [6, 6.07) is 7.64. The van der Waals surface area contributed by atoms with Crippen LogP contribution in [0.2, 0.25) is 5.02 Å². The lowest BCUT2D eigenvalue weighted by Crippen LogP contribution is -2.46. The second-order valence-corrected chi connectivity index (χ2v) is 8.27. The van der Waals surface area contributed by atoms with Crippen molar-refractivity contribution < 1.29 is 9.53 Å². The third-order valence-corrected chi connectivity index (χ3v) is 5.43. The van der Waals surface area contributed by atoms with Crippen LogP contribution in [0.1, 0.15) is 42.2 Å². The number of hydrogen-bond acceptors (Lipinski definition) is 4. The number of hydrogen-bond donors (Lipinski definition) is 1. The molecule has 2 aromatic rings. The van der Waals surface area contributed by atoms with E-state index in [0.29, 0.717) is 17.3 Å². The molecular formula is C18H21ClN2O2S. The summed E-state index contributed by atoms with van der Waals surface area (Å²) in [4.78, 5) is 18.1. The van der Waals surface area contributed by atoms with Gasteiger partial charge in [0.15, 0.2) is 0 Å². The zero-order valence-corrected chi connectivity index (χ0v) is 15.6. The van der Waals surface area contributed by atoms with E-state index in [9.17, 15) is 4.79 Å². The molecule has 0 unspecified atom stereocenters. The number of amides is 1. The second kappa shape index (κ2) is 6.82. The van der Waals surface area contributed by atoms with E-state index in [1.54, 1.807) is 0 Å². The molecule has 4 nitrogen and oxygen atoms in total. The smallest absolute Gasteiger partial charge is 0.271 e. The number of carbonyl (C=O) groups excluding carboxylic acids is 1. The number of rotatable bonds is 3. The Morgan fingerprint density at radius 2 is 2.17 bits per heavy atom. The molecule has 1 fully saturated rings. The fourth-order valence-corrected chi connectivity index (χ4v) is 4.26. The molecule has 1 aromatic carbocycles. The number of aryl methyl sites for hydroxylation is 1. The Morgan fingerprint density at radius 1 is 1.42 bits per heavy atom. The molecule has 0 saturated carbocycles. The number of halogens is 1. The highest BCUT2D eigenvalue weighted by molar-refractivity contribution is 7.15. The van der Waals surface area contributed by atoms with E-state index in [1.165, 1.54) is 11.3 Å². The molecule has 1 amide bonds. The number of thiazole rings is 1. The van der Waals surface area contributed by atoms with Gasteiger partial charge in [-0.15, -0.1) is 11.3 Å². The van der Waals surface area contributed by atoms with Gasteiger partial charge in [0, 0.05) is 23.2 Å². The van der Waals surface area contributed by atoms with Gasteiger partial charge < -0.3 is 10.1 Å². The van der Waals surface area contributed by atoms with Gasteiger partial charge in [0.2, 0.25) is 0 Å². The first kappa shape index (κ1) is 17.4. The molecule has 0 radical (unpaired) electrons. The SMILES string of the molecule is Cc1nc(C(=O)N[C@H]2CCOC(C)(C)C2)c(-c2ccccc2Cl)s1. The third-order valence-electron chi connectivity index (χ3n) is 4.10. The first-order chi connectivity index (χ1) is 11.4. The topological polar surface area (TPSA) is 51.2 Å². The number of carbonyl (C=O) groups is 1. The first-order valence-electron chi connectivity index (χ1n) is 8.03. The average molecular weight is 365 g/mol. The summed E-state index contributed by atoms with van der Waals surface area (Å²) in [6.07, 6.45) is 1.61. The quantitative estimate of drug-likeness (QED) is 0.874. The van der Waals surface area contributed by atoms with E-state index >= 15 is 0 Å². The second-order valence-electron chi connectivity index (χ2n) is 6.66. The highest BCUT2D eigenvalue weighted by Crippen LogP contribution is 2.35. The van der Waals surface area contributed by atoms with Crippen molar-refractivity contribution in [3.63, 3.8) is 0 Å². The number of nitrogens with zero attached hydrogens (tertiary/aromatic N) is 1. The minimum Gasteiger partial charge on any atom is -0.375 e. The van der Waals surface area contributed by atoms with Crippen molar-refractivity contribution in [3.05, 3.63) is 40.0 Å². The lowest BCUT2D eigenvalue weighted by atomic mass is 9.94. The Kier molecular flexibility index (Phi) is 4.95. The summed E-state index contributed by atoms with van der Waals surface area (Å²) >= 11 is 7.80. The lowest BCUT2D eigenvalue weighted by molar-refractivity contribution is -0.0615. The van der Waals surface area contributed by atoms with Gasteiger partial charge in [-0.3, -0.25) is 4.79 Å². The maximum Gasteiger partial charge on any atom is 0.271 e. The summed E-state index contributed by atoms with van der Waals surface area (Å²) in [5.74, 6) is -0.142. The van der Waals surface area contributed by atoms with Crippen molar-refractivity contribution in [1.29, 1.82) is 0 Å². The molecule has 1 atom stereocenters. The van der Waals surface area contributed by atoms with Crippen molar-refractivity contribution in [2.45, 2.75) is 45.3 Å². The van der Waals surface area contributed by atoms with E-state index in [0.717, 1.165) is 28.3 Å². The summed E-state index contributed by atoms with van der Waals surface area (Å²) in [7, 11) is 0. The number of ether oxygens (including phenoxy) is 1. The number of benzene rings is 1. The molecule has 128 valence electrons. The molecule has 1 aliphatic heterocycles. The zero-order valence-electron chi connectivity index (χ0n) is 14.1. The van der Waals surface area contributed by atoms with Crippen molar-refractivity contribution in [1.82, 2.24) is 10.3 Å². The third kappa shape index (κ3) is 3.79. The van der Waals surface area contributed by atoms with Crippen LogP contribution in [0.15, 0.2) is 24.3 Å². The minimum atomic E-state index is -0.209. The average Bonchev–Trinajstić information content (AvgIpc) is 2.88. The minimum absolute atomic E-state index is 0.0994. The summed E-state index contributed by atoms with van der Waals surface area (Å²) in [6.45, 7) is 6.66. The van der Waals surface area contributed by atoms with E-state index in [4.69, 9.17) is 16.3 Å². The predicted molar refractivity (Wildman–Crippen MR) is 97.8 cm³/mol. The summed E-state index contributed by atoms with van der Waals surface area (Å²) in [5, 5.41) is 4.59. The van der Waals surface area contributed by atoms with Gasteiger partial charge in [-0.25, -0.2) is 4.98 Å². The monoisotopic (exact) mass is 364 g/mol. The van der Waals surface area contributed by atoms with Crippen molar-refractivity contribution >= 4 is 28.8 Å². The van der Waals surface area contributed by atoms with Crippen molar-refractivity contribution in [2.75, 3.05) is 6.61 Å². The Balaban J connectivity index is 1.85. The van der Waals surface area contributed by atoms with E-state index < -0.39 is 0 Å². The van der Waals surface area contributed by atoms with E-state index in [1.807, 2.05) is 45.0 Å². The predicted octanol–water partition coefficient (Wildman–Crippen LogP) is 4.46. The molecular weight excluding hydrogens is 344 g/mol. The van der Waals surface area contributed by atoms with Crippen molar-refractivity contribution in [3.8, 4) is 10.4 Å². The van der Waals surface area contributed by atoms with Crippen LogP contribution in [-0.2, 0) is 4.74 Å². The van der Waals surface area contributed by atoms with Crippen LogP contribution in [0.4, 0.5) is 0 Å². The van der Waals surface area contributed by atoms with Gasteiger partial charge >= 0.3 is 0 Å². The van der Waals surface area contributed by atoms with Gasteiger partial charge in [0.05, 0.1) is 15.5 Å². The maximum absolute atomic E-state index is 12.8. The molecule has 1 saturated heterocycles. The summed E-state index contributed by atoms with van der Waals surface area (Å²) in [5.41, 5.74) is 1.09. The number of aromatic nitrogens is 1. The zero-order chi connectivity index (χ0) is 17.3. The normalized spacial score (nSPS) is 19.9. The fraction of sp³-hybridized carbons (Fsp3) is 0.444. The summed E-state index contributed by atoms with van der Waals surface area (Å²) < 4.78 is 5.71. The number of nitrogens with one attached hydrogen (secondary N) is 1. The molecule has 1 aromatic heterocycles. The molecule has 24 heavy (non-hydrogen) atoms. The molecule has 3 rings (SSSR count). The van der Waals surface area contributed by atoms with Gasteiger partial charge in [-0.2, -0.15) is 0 Å². The van der Waals surface area contributed by atoms with Crippen LogP contribution in [-0.4, -0.2) is 29.1 Å². The van der Waals surface area contributed by atoms with Crippen LogP contribution in [0.5, 0.6) is 0 Å². The Morgan fingerprint density at radius 3 is 2.88 bits per heavy atom. The van der Waals surface area contributed by atoms with Crippen LogP contribution in [0.25, 0.3) is 10.4 Å². The van der Waals surface area contributed by atoms with Crippen LogP contribution < -0.4 is 5.32 Å². The highest BCUT2D eigenvalue weighted by Gasteiger charge is 2.31. The van der Waals surface area contributed by atoms with Gasteiger partial charge in [0.1, 0.15) is 5.69 Å².